The van der Waals surface area contributed by atoms with Crippen LogP contribution in [0.15, 0.2) is 27.5 Å². The van der Waals surface area contributed by atoms with Gasteiger partial charge in [0.2, 0.25) is 5.89 Å². The number of imidazole rings is 1. The number of hydrogen-bond acceptors (Lipinski definition) is 5. The largest absolute Gasteiger partial charge is 0.340 e. The van der Waals surface area contributed by atoms with E-state index in [0.717, 1.165) is 16.6 Å². The first-order valence-corrected chi connectivity index (χ1v) is 6.36. The van der Waals surface area contributed by atoms with Crippen molar-refractivity contribution in [3.8, 4) is 0 Å². The SMILES string of the molecule is Cc1nc(CNC(C)c2ccc3[nH]c(=O)[nH]c3c2)no1. The Morgan fingerprint density at radius 1 is 1.35 bits per heavy atom. The van der Waals surface area contributed by atoms with Gasteiger partial charge in [-0.05, 0) is 24.6 Å². The van der Waals surface area contributed by atoms with Crippen molar-refractivity contribution >= 4 is 11.0 Å². The number of rotatable bonds is 4. The zero-order chi connectivity index (χ0) is 14.1. The lowest BCUT2D eigenvalue weighted by atomic mass is 10.1. The molecule has 1 unspecified atom stereocenters. The Bertz CT molecular complexity index is 785. The standard InChI is InChI=1S/C13H15N5O2/c1-7(14-6-12-15-8(2)20-18-12)9-3-4-10-11(5-9)17-13(19)16-10/h3-5,7,14H,6H2,1-2H3,(H2,16,17,19). The first kappa shape index (κ1) is 12.6. The van der Waals surface area contributed by atoms with Gasteiger partial charge in [-0.15, -0.1) is 0 Å². The summed E-state index contributed by atoms with van der Waals surface area (Å²) in [5.41, 5.74) is 2.49. The average molecular weight is 273 g/mol. The van der Waals surface area contributed by atoms with Gasteiger partial charge in [0.15, 0.2) is 5.82 Å². The van der Waals surface area contributed by atoms with Crippen LogP contribution in [0, 0.1) is 6.92 Å². The predicted molar refractivity (Wildman–Crippen MR) is 73.2 cm³/mol. The van der Waals surface area contributed by atoms with E-state index >= 15 is 0 Å². The number of aryl methyl sites for hydroxylation is 1. The minimum Gasteiger partial charge on any atom is -0.340 e. The van der Waals surface area contributed by atoms with Gasteiger partial charge < -0.3 is 19.8 Å². The molecule has 7 nitrogen and oxygen atoms in total. The number of aromatic amines is 2. The van der Waals surface area contributed by atoms with Crippen LogP contribution in [0.5, 0.6) is 0 Å². The van der Waals surface area contributed by atoms with Gasteiger partial charge in [-0.1, -0.05) is 11.2 Å². The van der Waals surface area contributed by atoms with Crippen LogP contribution in [0.3, 0.4) is 0 Å². The summed E-state index contributed by atoms with van der Waals surface area (Å²) in [7, 11) is 0. The number of nitrogens with one attached hydrogen (secondary N) is 3. The molecule has 3 N–H and O–H groups in total. The van der Waals surface area contributed by atoms with Crippen LogP contribution >= 0.6 is 0 Å². The Hall–Kier alpha value is -2.41. The highest BCUT2D eigenvalue weighted by atomic mass is 16.5. The third kappa shape index (κ3) is 2.48. The fraction of sp³-hybridized carbons (Fsp3) is 0.308. The lowest BCUT2D eigenvalue weighted by molar-refractivity contribution is 0.384. The molecule has 7 heteroatoms. The summed E-state index contributed by atoms with van der Waals surface area (Å²) in [6.45, 7) is 4.33. The Kier molecular flexibility index (Phi) is 3.11. The van der Waals surface area contributed by atoms with Gasteiger partial charge in [-0.3, -0.25) is 0 Å². The van der Waals surface area contributed by atoms with Crippen molar-refractivity contribution < 1.29 is 4.52 Å². The number of hydrogen-bond donors (Lipinski definition) is 3. The zero-order valence-electron chi connectivity index (χ0n) is 11.2. The summed E-state index contributed by atoms with van der Waals surface area (Å²) >= 11 is 0. The lowest BCUT2D eigenvalue weighted by Gasteiger charge is -2.12. The monoisotopic (exact) mass is 273 g/mol. The van der Waals surface area contributed by atoms with Crippen LogP contribution in [0.2, 0.25) is 0 Å². The molecular formula is C13H15N5O2. The number of benzene rings is 1. The van der Waals surface area contributed by atoms with Gasteiger partial charge >= 0.3 is 5.69 Å². The fourth-order valence-electron chi connectivity index (χ4n) is 2.09. The maximum absolute atomic E-state index is 11.2. The van der Waals surface area contributed by atoms with E-state index in [1.165, 1.54) is 0 Å². The van der Waals surface area contributed by atoms with Crippen LogP contribution in [-0.4, -0.2) is 20.1 Å². The summed E-state index contributed by atoms with van der Waals surface area (Å²) in [5.74, 6) is 1.19. The van der Waals surface area contributed by atoms with E-state index in [1.807, 2.05) is 25.1 Å². The van der Waals surface area contributed by atoms with Gasteiger partial charge in [0.1, 0.15) is 0 Å². The minimum atomic E-state index is -0.194. The molecule has 0 fully saturated rings. The summed E-state index contributed by atoms with van der Waals surface area (Å²) in [5, 5.41) is 7.15. The van der Waals surface area contributed by atoms with Crippen LogP contribution < -0.4 is 11.0 Å². The maximum atomic E-state index is 11.2. The summed E-state index contributed by atoms with van der Waals surface area (Å²) in [4.78, 5) is 20.8. The molecule has 1 atom stereocenters. The highest BCUT2D eigenvalue weighted by Crippen LogP contribution is 2.17. The minimum absolute atomic E-state index is 0.108. The van der Waals surface area contributed by atoms with Crippen molar-refractivity contribution in [2.75, 3.05) is 0 Å². The number of aromatic nitrogens is 4. The van der Waals surface area contributed by atoms with E-state index in [2.05, 4.69) is 25.4 Å². The summed E-state index contributed by atoms with van der Waals surface area (Å²) in [6.07, 6.45) is 0. The van der Waals surface area contributed by atoms with Gasteiger partial charge in [0, 0.05) is 13.0 Å². The number of nitrogens with zero attached hydrogens (tertiary/aromatic N) is 2. The van der Waals surface area contributed by atoms with E-state index < -0.39 is 0 Å². The molecule has 3 rings (SSSR count). The molecule has 1 aromatic carbocycles. The third-order valence-corrected chi connectivity index (χ3v) is 3.18. The van der Waals surface area contributed by atoms with Gasteiger partial charge in [-0.25, -0.2) is 4.79 Å². The average Bonchev–Trinajstić information content (AvgIpc) is 2.99. The molecule has 0 aliphatic rings. The number of fused-ring (bicyclic) bond motifs is 1. The topological polar surface area (TPSA) is 99.6 Å². The quantitative estimate of drug-likeness (QED) is 0.667. The van der Waals surface area contributed by atoms with Crippen molar-refractivity contribution in [2.45, 2.75) is 26.4 Å². The first-order valence-electron chi connectivity index (χ1n) is 6.36. The van der Waals surface area contributed by atoms with Crippen molar-refractivity contribution in [3.63, 3.8) is 0 Å². The molecule has 3 aromatic rings. The van der Waals surface area contributed by atoms with Gasteiger partial charge in [-0.2, -0.15) is 4.98 Å². The molecule has 104 valence electrons. The van der Waals surface area contributed by atoms with E-state index in [9.17, 15) is 4.79 Å². The van der Waals surface area contributed by atoms with Crippen LogP contribution in [0.1, 0.15) is 30.2 Å². The van der Waals surface area contributed by atoms with E-state index in [1.54, 1.807) is 6.92 Å². The molecule has 20 heavy (non-hydrogen) atoms. The van der Waals surface area contributed by atoms with Crippen molar-refractivity contribution in [2.24, 2.45) is 0 Å². The van der Waals surface area contributed by atoms with Crippen LogP contribution in [0.25, 0.3) is 11.0 Å². The highest BCUT2D eigenvalue weighted by molar-refractivity contribution is 5.75. The van der Waals surface area contributed by atoms with Crippen LogP contribution in [-0.2, 0) is 6.54 Å². The van der Waals surface area contributed by atoms with Gasteiger partial charge in [0.05, 0.1) is 17.6 Å². The second-order valence-corrected chi connectivity index (χ2v) is 4.72. The molecule has 0 amide bonds. The predicted octanol–water partition coefficient (Wildman–Crippen LogP) is 1.40. The molecule has 0 aliphatic heterocycles. The van der Waals surface area contributed by atoms with Crippen molar-refractivity contribution in [1.29, 1.82) is 0 Å². The Morgan fingerprint density at radius 2 is 2.15 bits per heavy atom. The summed E-state index contributed by atoms with van der Waals surface area (Å²) < 4.78 is 4.92. The van der Waals surface area contributed by atoms with Gasteiger partial charge in [0.25, 0.3) is 0 Å². The molecular weight excluding hydrogens is 258 g/mol. The maximum Gasteiger partial charge on any atom is 0.323 e. The second kappa shape index (κ2) is 4.93. The molecule has 0 radical (unpaired) electrons. The third-order valence-electron chi connectivity index (χ3n) is 3.18. The molecule has 2 heterocycles. The molecule has 0 saturated carbocycles. The number of H-pyrrole nitrogens is 2. The summed E-state index contributed by atoms with van der Waals surface area (Å²) in [6, 6.07) is 5.92. The molecule has 0 spiro atoms. The molecule has 0 saturated heterocycles. The fourth-order valence-corrected chi connectivity index (χ4v) is 2.09. The molecule has 2 aromatic heterocycles. The second-order valence-electron chi connectivity index (χ2n) is 4.72. The Morgan fingerprint density at radius 3 is 2.90 bits per heavy atom. The smallest absolute Gasteiger partial charge is 0.323 e. The molecule has 0 bridgehead atoms. The Balaban J connectivity index is 1.74. The van der Waals surface area contributed by atoms with Crippen LogP contribution in [0.4, 0.5) is 0 Å². The highest BCUT2D eigenvalue weighted by Gasteiger charge is 2.09. The lowest BCUT2D eigenvalue weighted by Crippen LogP contribution is -2.18. The Labute approximate surface area is 114 Å². The van der Waals surface area contributed by atoms with Crippen molar-refractivity contribution in [1.82, 2.24) is 25.4 Å². The normalized spacial score (nSPS) is 12.9. The first-order chi connectivity index (χ1) is 9.61. The van der Waals surface area contributed by atoms with E-state index in [4.69, 9.17) is 4.52 Å². The van der Waals surface area contributed by atoms with E-state index in [0.29, 0.717) is 18.3 Å². The molecule has 0 aliphatic carbocycles. The van der Waals surface area contributed by atoms with E-state index in [-0.39, 0.29) is 11.7 Å². The zero-order valence-corrected chi connectivity index (χ0v) is 11.2. The van der Waals surface area contributed by atoms with Crippen molar-refractivity contribution in [3.05, 3.63) is 46.0 Å².